The molecule has 3 heterocycles. The molecule has 0 spiro atoms. The van der Waals surface area contributed by atoms with Crippen LogP contribution >= 0.6 is 0 Å². The molecular weight excluding hydrogens is 262 g/mol. The Morgan fingerprint density at radius 3 is 2.76 bits per heavy atom. The standard InChI is InChI=1S/C16H15N5/c17-16-20-11-5-10-18-14(20)13-8-4-9-19-15(13)21(16)12-6-2-1-3-7-12/h1-4,6-9,17H,5,10-11H2. The topological polar surface area (TPSA) is 55.6 Å². The van der Waals surface area contributed by atoms with Crippen molar-refractivity contribution >= 4 is 23.3 Å². The molecule has 0 bridgehead atoms. The van der Waals surface area contributed by atoms with E-state index in [1.165, 1.54) is 0 Å². The third-order valence-electron chi connectivity index (χ3n) is 3.78. The molecule has 1 aromatic heterocycles. The number of aliphatic imine (C=N–C) groups is 1. The van der Waals surface area contributed by atoms with E-state index in [0.717, 1.165) is 42.4 Å². The number of guanidine groups is 1. The number of nitrogens with zero attached hydrogens (tertiary/aromatic N) is 4. The zero-order chi connectivity index (χ0) is 14.2. The minimum Gasteiger partial charge on any atom is -0.296 e. The van der Waals surface area contributed by atoms with Crippen LogP contribution in [-0.4, -0.2) is 34.8 Å². The van der Waals surface area contributed by atoms with Crippen molar-refractivity contribution in [2.75, 3.05) is 18.0 Å². The van der Waals surface area contributed by atoms with E-state index in [0.29, 0.717) is 5.96 Å². The van der Waals surface area contributed by atoms with E-state index in [-0.39, 0.29) is 0 Å². The van der Waals surface area contributed by atoms with Crippen LogP contribution < -0.4 is 4.90 Å². The van der Waals surface area contributed by atoms with Crippen molar-refractivity contribution in [2.45, 2.75) is 6.42 Å². The van der Waals surface area contributed by atoms with Gasteiger partial charge in [0.1, 0.15) is 5.84 Å². The maximum atomic E-state index is 8.57. The number of hydrogen-bond donors (Lipinski definition) is 1. The number of pyridine rings is 1. The smallest absolute Gasteiger partial charge is 0.210 e. The van der Waals surface area contributed by atoms with Crippen molar-refractivity contribution in [3.63, 3.8) is 0 Å². The number of amidine groups is 1. The molecule has 5 heteroatoms. The highest BCUT2D eigenvalue weighted by molar-refractivity contribution is 6.21. The Hall–Kier alpha value is -2.69. The van der Waals surface area contributed by atoms with Gasteiger partial charge in [-0.15, -0.1) is 0 Å². The van der Waals surface area contributed by atoms with Crippen LogP contribution in [-0.2, 0) is 0 Å². The number of para-hydroxylation sites is 1. The van der Waals surface area contributed by atoms with E-state index >= 15 is 0 Å². The van der Waals surface area contributed by atoms with Crippen LogP contribution in [0, 0.1) is 5.41 Å². The summed E-state index contributed by atoms with van der Waals surface area (Å²) in [6.45, 7) is 1.65. The van der Waals surface area contributed by atoms with Gasteiger partial charge in [0.2, 0.25) is 5.96 Å². The molecule has 0 aliphatic carbocycles. The van der Waals surface area contributed by atoms with E-state index in [1.807, 2.05) is 52.3 Å². The van der Waals surface area contributed by atoms with Gasteiger partial charge in [-0.25, -0.2) is 4.98 Å². The van der Waals surface area contributed by atoms with Gasteiger partial charge in [-0.1, -0.05) is 18.2 Å². The van der Waals surface area contributed by atoms with Gasteiger partial charge in [-0.05, 0) is 30.7 Å². The van der Waals surface area contributed by atoms with Crippen molar-refractivity contribution in [3.8, 4) is 0 Å². The Balaban J connectivity index is 1.94. The van der Waals surface area contributed by atoms with Crippen molar-refractivity contribution in [1.82, 2.24) is 9.88 Å². The van der Waals surface area contributed by atoms with Crippen LogP contribution in [0.2, 0.25) is 0 Å². The number of aromatic nitrogens is 1. The van der Waals surface area contributed by atoms with Crippen molar-refractivity contribution < 1.29 is 0 Å². The predicted molar refractivity (Wildman–Crippen MR) is 83.3 cm³/mol. The van der Waals surface area contributed by atoms with Crippen molar-refractivity contribution in [1.29, 1.82) is 5.41 Å². The van der Waals surface area contributed by atoms with E-state index < -0.39 is 0 Å². The van der Waals surface area contributed by atoms with E-state index in [4.69, 9.17) is 5.41 Å². The fourth-order valence-electron chi connectivity index (χ4n) is 2.83. The van der Waals surface area contributed by atoms with Crippen LogP contribution in [0.1, 0.15) is 12.0 Å². The lowest BCUT2D eigenvalue weighted by molar-refractivity contribution is 0.534. The Labute approximate surface area is 123 Å². The van der Waals surface area contributed by atoms with Gasteiger partial charge in [0.05, 0.1) is 11.3 Å². The molecule has 5 nitrogen and oxygen atoms in total. The van der Waals surface area contributed by atoms with Crippen LogP contribution in [0.3, 0.4) is 0 Å². The first-order chi connectivity index (χ1) is 10.4. The van der Waals surface area contributed by atoms with Gasteiger partial charge in [-0.3, -0.25) is 20.2 Å². The fourth-order valence-corrected chi connectivity index (χ4v) is 2.83. The summed E-state index contributed by atoms with van der Waals surface area (Å²) in [7, 11) is 0. The maximum Gasteiger partial charge on any atom is 0.210 e. The van der Waals surface area contributed by atoms with Crippen molar-refractivity contribution in [2.24, 2.45) is 4.99 Å². The summed E-state index contributed by atoms with van der Waals surface area (Å²) in [4.78, 5) is 13.0. The van der Waals surface area contributed by atoms with Crippen LogP contribution in [0.5, 0.6) is 0 Å². The average molecular weight is 277 g/mol. The molecule has 104 valence electrons. The summed E-state index contributed by atoms with van der Waals surface area (Å²) in [5.41, 5.74) is 1.95. The second kappa shape index (κ2) is 4.70. The summed E-state index contributed by atoms with van der Waals surface area (Å²) in [6, 6.07) is 13.9. The SMILES string of the molecule is N=C1N2CCCN=C2c2cccnc2N1c1ccccc1. The zero-order valence-electron chi connectivity index (χ0n) is 11.5. The second-order valence-corrected chi connectivity index (χ2v) is 5.08. The van der Waals surface area contributed by atoms with Gasteiger partial charge in [0, 0.05) is 19.3 Å². The first-order valence-corrected chi connectivity index (χ1v) is 7.07. The number of rotatable bonds is 1. The molecule has 0 unspecified atom stereocenters. The minimum absolute atomic E-state index is 0.422. The molecule has 1 aromatic carbocycles. The largest absolute Gasteiger partial charge is 0.296 e. The molecule has 0 saturated heterocycles. The average Bonchev–Trinajstić information content (AvgIpc) is 2.56. The van der Waals surface area contributed by atoms with E-state index in [1.54, 1.807) is 6.20 Å². The summed E-state index contributed by atoms with van der Waals surface area (Å²) in [5.74, 6) is 2.08. The van der Waals surface area contributed by atoms with Crippen LogP contribution in [0.4, 0.5) is 11.5 Å². The number of fused-ring (bicyclic) bond motifs is 3. The highest BCUT2D eigenvalue weighted by atomic mass is 15.4. The Morgan fingerprint density at radius 2 is 1.90 bits per heavy atom. The van der Waals surface area contributed by atoms with E-state index in [9.17, 15) is 0 Å². The minimum atomic E-state index is 0.422. The first-order valence-electron chi connectivity index (χ1n) is 7.07. The summed E-state index contributed by atoms with van der Waals surface area (Å²) in [5, 5.41) is 8.57. The Kier molecular flexibility index (Phi) is 2.70. The molecule has 1 N–H and O–H groups in total. The Bertz CT molecular complexity index is 722. The molecule has 2 aliphatic heterocycles. The summed E-state index contributed by atoms with van der Waals surface area (Å²) in [6.07, 6.45) is 2.74. The van der Waals surface area contributed by atoms with Gasteiger partial charge >= 0.3 is 0 Å². The molecule has 0 saturated carbocycles. The third kappa shape index (κ3) is 1.81. The zero-order valence-corrected chi connectivity index (χ0v) is 11.5. The van der Waals surface area contributed by atoms with Gasteiger partial charge in [-0.2, -0.15) is 0 Å². The number of benzene rings is 1. The van der Waals surface area contributed by atoms with Crippen LogP contribution in [0.25, 0.3) is 0 Å². The molecular formula is C16H15N5. The fraction of sp³-hybridized carbons (Fsp3) is 0.188. The molecule has 0 radical (unpaired) electrons. The quantitative estimate of drug-likeness (QED) is 0.871. The monoisotopic (exact) mass is 277 g/mol. The van der Waals surface area contributed by atoms with Crippen molar-refractivity contribution in [3.05, 3.63) is 54.2 Å². The summed E-state index contributed by atoms with van der Waals surface area (Å²) >= 11 is 0. The normalized spacial score (nSPS) is 17.1. The molecule has 0 amide bonds. The highest BCUT2D eigenvalue weighted by Crippen LogP contribution is 2.33. The summed E-state index contributed by atoms with van der Waals surface area (Å²) < 4.78 is 0. The number of anilines is 2. The maximum absolute atomic E-state index is 8.57. The lowest BCUT2D eigenvalue weighted by Gasteiger charge is -2.40. The predicted octanol–water partition coefficient (Wildman–Crippen LogP) is 2.62. The van der Waals surface area contributed by atoms with Gasteiger partial charge < -0.3 is 0 Å². The van der Waals surface area contributed by atoms with Gasteiger partial charge in [0.15, 0.2) is 5.82 Å². The lowest BCUT2D eigenvalue weighted by Crippen LogP contribution is -2.52. The van der Waals surface area contributed by atoms with E-state index in [2.05, 4.69) is 9.98 Å². The molecule has 2 aliphatic rings. The van der Waals surface area contributed by atoms with Crippen LogP contribution in [0.15, 0.2) is 53.7 Å². The molecule has 0 atom stereocenters. The third-order valence-corrected chi connectivity index (χ3v) is 3.78. The molecule has 21 heavy (non-hydrogen) atoms. The number of nitrogens with one attached hydrogen (secondary N) is 1. The van der Waals surface area contributed by atoms with Gasteiger partial charge in [0.25, 0.3) is 0 Å². The highest BCUT2D eigenvalue weighted by Gasteiger charge is 2.35. The molecule has 0 fully saturated rings. The lowest BCUT2D eigenvalue weighted by atomic mass is 10.1. The number of hydrogen-bond acceptors (Lipinski definition) is 3. The molecule has 4 rings (SSSR count). The second-order valence-electron chi connectivity index (χ2n) is 5.08. The Morgan fingerprint density at radius 1 is 1.05 bits per heavy atom. The first kappa shape index (κ1) is 12.1. The molecule has 2 aromatic rings.